The number of thioether (sulfide) groups is 1. The van der Waals surface area contributed by atoms with Gasteiger partial charge in [-0.3, -0.25) is 14.2 Å². The minimum atomic E-state index is -0.0330. The van der Waals surface area contributed by atoms with E-state index in [4.69, 9.17) is 0 Å². The number of Topliss-reactive ketones (excluding diaryl/α,β-unsaturated/α-hetero) is 1. The Bertz CT molecular complexity index is 977. The number of aromatic nitrogens is 2. The molecule has 0 radical (unpaired) electrons. The van der Waals surface area contributed by atoms with Gasteiger partial charge < -0.3 is 0 Å². The lowest BCUT2D eigenvalue weighted by Crippen LogP contribution is -2.23. The van der Waals surface area contributed by atoms with Gasteiger partial charge in [0.25, 0.3) is 5.56 Å². The highest BCUT2D eigenvalue weighted by Gasteiger charge is 2.13. The van der Waals surface area contributed by atoms with Gasteiger partial charge in [0, 0.05) is 12.1 Å². The van der Waals surface area contributed by atoms with Crippen LogP contribution < -0.4 is 5.56 Å². The summed E-state index contributed by atoms with van der Waals surface area (Å²) in [6.45, 7) is 4.70. The van der Waals surface area contributed by atoms with Crippen molar-refractivity contribution in [2.75, 3.05) is 5.75 Å². The smallest absolute Gasteiger partial charge is 0.262 e. The van der Waals surface area contributed by atoms with Gasteiger partial charge in [-0.25, -0.2) is 4.98 Å². The molecule has 0 N–H and O–H groups in total. The van der Waals surface area contributed by atoms with Gasteiger partial charge in [-0.05, 0) is 25.5 Å². The summed E-state index contributed by atoms with van der Waals surface area (Å²) in [6, 6.07) is 14.9. The van der Waals surface area contributed by atoms with Gasteiger partial charge in [0.1, 0.15) is 0 Å². The van der Waals surface area contributed by atoms with E-state index in [0.29, 0.717) is 28.2 Å². The maximum atomic E-state index is 12.8. The lowest BCUT2D eigenvalue weighted by Gasteiger charge is -2.12. The Hall–Kier alpha value is -2.40. The molecule has 0 amide bonds. The van der Waals surface area contributed by atoms with Crippen LogP contribution in [-0.4, -0.2) is 21.1 Å². The summed E-state index contributed by atoms with van der Waals surface area (Å²) in [5.74, 6) is 0.305. The molecule has 0 unspecified atom stereocenters. The molecular weight excluding hydrogens is 344 g/mol. The Balaban J connectivity index is 1.89. The molecule has 0 aliphatic rings. The van der Waals surface area contributed by atoms with Gasteiger partial charge in [0.2, 0.25) is 0 Å². The Kier molecular flexibility index (Phi) is 5.89. The third-order valence-electron chi connectivity index (χ3n) is 4.27. The van der Waals surface area contributed by atoms with E-state index in [-0.39, 0.29) is 17.1 Å². The third kappa shape index (κ3) is 4.05. The molecule has 0 saturated heterocycles. The molecule has 0 atom stereocenters. The first-order chi connectivity index (χ1) is 12.6. The van der Waals surface area contributed by atoms with E-state index >= 15 is 0 Å². The van der Waals surface area contributed by atoms with Crippen LogP contribution in [0.2, 0.25) is 0 Å². The Morgan fingerprint density at radius 2 is 1.85 bits per heavy atom. The standard InChI is InChI=1S/C21H22N2O2S/c1-3-4-13-23-20(25)17-7-5-6-8-18(17)22-21(23)26-14-19(24)16-11-9-15(2)10-12-16/h5-12H,3-4,13-14H2,1-2H3. The normalized spacial score (nSPS) is 11.0. The number of hydrogen-bond acceptors (Lipinski definition) is 4. The average Bonchev–Trinajstić information content (AvgIpc) is 2.66. The first-order valence-electron chi connectivity index (χ1n) is 8.82. The van der Waals surface area contributed by atoms with Crippen LogP contribution in [0.15, 0.2) is 58.5 Å². The quantitative estimate of drug-likeness (QED) is 0.351. The molecule has 3 aromatic rings. The first kappa shape index (κ1) is 18.4. The highest BCUT2D eigenvalue weighted by atomic mass is 32.2. The van der Waals surface area contributed by atoms with Gasteiger partial charge in [0.05, 0.1) is 16.7 Å². The van der Waals surface area contributed by atoms with Crippen LogP contribution in [-0.2, 0) is 6.54 Å². The maximum Gasteiger partial charge on any atom is 0.262 e. The van der Waals surface area contributed by atoms with E-state index in [9.17, 15) is 9.59 Å². The topological polar surface area (TPSA) is 52.0 Å². The van der Waals surface area contributed by atoms with Gasteiger partial charge in [-0.2, -0.15) is 0 Å². The number of ketones is 1. The fourth-order valence-electron chi connectivity index (χ4n) is 2.72. The number of carbonyl (C=O) groups is 1. The van der Waals surface area contributed by atoms with Crippen molar-refractivity contribution >= 4 is 28.4 Å². The van der Waals surface area contributed by atoms with E-state index in [0.717, 1.165) is 18.4 Å². The monoisotopic (exact) mass is 366 g/mol. The molecular formula is C21H22N2O2S. The second kappa shape index (κ2) is 8.32. The number of benzene rings is 2. The van der Waals surface area contributed by atoms with Crippen LogP contribution in [0.3, 0.4) is 0 Å². The molecule has 3 rings (SSSR count). The molecule has 4 nitrogen and oxygen atoms in total. The molecule has 1 heterocycles. The van der Waals surface area contributed by atoms with Crippen molar-refractivity contribution in [1.29, 1.82) is 0 Å². The van der Waals surface area contributed by atoms with Crippen LogP contribution in [0, 0.1) is 6.92 Å². The predicted octanol–water partition coefficient (Wildman–Crippen LogP) is 4.48. The van der Waals surface area contributed by atoms with Crippen molar-refractivity contribution in [3.63, 3.8) is 0 Å². The van der Waals surface area contributed by atoms with Crippen molar-refractivity contribution in [1.82, 2.24) is 9.55 Å². The molecule has 134 valence electrons. The van der Waals surface area contributed by atoms with Gasteiger partial charge >= 0.3 is 0 Å². The summed E-state index contributed by atoms with van der Waals surface area (Å²) in [5, 5.41) is 1.24. The summed E-state index contributed by atoms with van der Waals surface area (Å²) in [7, 11) is 0. The van der Waals surface area contributed by atoms with E-state index < -0.39 is 0 Å². The number of nitrogens with zero attached hydrogens (tertiary/aromatic N) is 2. The molecule has 26 heavy (non-hydrogen) atoms. The van der Waals surface area contributed by atoms with Crippen molar-refractivity contribution in [3.8, 4) is 0 Å². The highest BCUT2D eigenvalue weighted by Crippen LogP contribution is 2.20. The predicted molar refractivity (Wildman–Crippen MR) is 107 cm³/mol. The highest BCUT2D eigenvalue weighted by molar-refractivity contribution is 7.99. The van der Waals surface area contributed by atoms with E-state index in [1.165, 1.54) is 11.8 Å². The Labute approximate surface area is 157 Å². The lowest BCUT2D eigenvalue weighted by atomic mass is 10.1. The summed E-state index contributed by atoms with van der Waals surface area (Å²) in [6.07, 6.45) is 1.89. The molecule has 0 aliphatic heterocycles. The number of aryl methyl sites for hydroxylation is 1. The minimum absolute atomic E-state index is 0.0330. The Morgan fingerprint density at radius 1 is 1.12 bits per heavy atom. The first-order valence-corrected chi connectivity index (χ1v) is 9.81. The van der Waals surface area contributed by atoms with Crippen molar-refractivity contribution < 1.29 is 4.79 Å². The molecule has 5 heteroatoms. The van der Waals surface area contributed by atoms with Crippen LogP contribution in [0.4, 0.5) is 0 Å². The summed E-state index contributed by atoms with van der Waals surface area (Å²) >= 11 is 1.34. The molecule has 0 bridgehead atoms. The zero-order chi connectivity index (χ0) is 18.5. The van der Waals surface area contributed by atoms with E-state index in [2.05, 4.69) is 11.9 Å². The molecule has 0 fully saturated rings. The molecule has 0 saturated carbocycles. The van der Waals surface area contributed by atoms with Crippen molar-refractivity contribution in [2.45, 2.75) is 38.4 Å². The maximum absolute atomic E-state index is 12.8. The summed E-state index contributed by atoms with van der Waals surface area (Å²) < 4.78 is 1.71. The number of fused-ring (bicyclic) bond motifs is 1. The number of rotatable bonds is 7. The summed E-state index contributed by atoms with van der Waals surface area (Å²) in [4.78, 5) is 29.9. The minimum Gasteiger partial charge on any atom is -0.293 e. The van der Waals surface area contributed by atoms with Crippen molar-refractivity contribution in [3.05, 3.63) is 70.0 Å². The molecule has 0 spiro atoms. The molecule has 2 aromatic carbocycles. The fourth-order valence-corrected chi connectivity index (χ4v) is 3.64. The Morgan fingerprint density at radius 3 is 2.58 bits per heavy atom. The lowest BCUT2D eigenvalue weighted by molar-refractivity contribution is 0.102. The fraction of sp³-hybridized carbons (Fsp3) is 0.286. The van der Waals surface area contributed by atoms with Crippen LogP contribution in [0.5, 0.6) is 0 Å². The number of carbonyl (C=O) groups excluding carboxylic acids is 1. The average molecular weight is 366 g/mol. The van der Waals surface area contributed by atoms with Crippen LogP contribution in [0.1, 0.15) is 35.7 Å². The van der Waals surface area contributed by atoms with Gasteiger partial charge in [0.15, 0.2) is 10.9 Å². The van der Waals surface area contributed by atoms with Gasteiger partial charge in [-0.15, -0.1) is 0 Å². The largest absolute Gasteiger partial charge is 0.293 e. The zero-order valence-corrected chi connectivity index (χ0v) is 15.9. The van der Waals surface area contributed by atoms with Crippen LogP contribution in [0.25, 0.3) is 10.9 Å². The van der Waals surface area contributed by atoms with Gasteiger partial charge in [-0.1, -0.05) is 67.1 Å². The van der Waals surface area contributed by atoms with Crippen molar-refractivity contribution in [2.24, 2.45) is 0 Å². The SMILES string of the molecule is CCCCn1c(SCC(=O)c2ccc(C)cc2)nc2ccccc2c1=O. The second-order valence-corrected chi connectivity index (χ2v) is 7.24. The number of hydrogen-bond donors (Lipinski definition) is 0. The molecule has 0 aliphatic carbocycles. The van der Waals surface area contributed by atoms with E-state index in [1.807, 2.05) is 49.4 Å². The molecule has 1 aromatic heterocycles. The number of unbranched alkanes of at least 4 members (excludes halogenated alkanes) is 1. The van der Waals surface area contributed by atoms with E-state index in [1.54, 1.807) is 10.6 Å². The number of para-hydroxylation sites is 1. The summed E-state index contributed by atoms with van der Waals surface area (Å²) in [5.41, 5.74) is 2.45. The third-order valence-corrected chi connectivity index (χ3v) is 5.24. The van der Waals surface area contributed by atoms with Crippen LogP contribution >= 0.6 is 11.8 Å². The second-order valence-electron chi connectivity index (χ2n) is 6.30. The zero-order valence-electron chi connectivity index (χ0n) is 15.1.